The van der Waals surface area contributed by atoms with Crippen molar-refractivity contribution < 1.29 is 22.6 Å². The SMILES string of the molecule is COC(c1ccccc1)C1CCN(S(=O)(=O)c2ccc3c(c2)OCO3)CC1. The highest BCUT2D eigenvalue weighted by molar-refractivity contribution is 7.89. The monoisotopic (exact) mass is 389 g/mol. The van der Waals surface area contributed by atoms with Gasteiger partial charge >= 0.3 is 0 Å². The molecule has 0 spiro atoms. The van der Waals surface area contributed by atoms with Crippen LogP contribution in [0.2, 0.25) is 0 Å². The lowest BCUT2D eigenvalue weighted by atomic mass is 9.88. The van der Waals surface area contributed by atoms with Crippen LogP contribution >= 0.6 is 0 Å². The molecule has 1 atom stereocenters. The Morgan fingerprint density at radius 3 is 2.44 bits per heavy atom. The first-order valence-corrected chi connectivity index (χ1v) is 10.5. The van der Waals surface area contributed by atoms with Crippen molar-refractivity contribution in [3.8, 4) is 11.5 Å². The first-order valence-electron chi connectivity index (χ1n) is 9.07. The molecule has 0 aromatic heterocycles. The summed E-state index contributed by atoms with van der Waals surface area (Å²) in [5, 5.41) is 0. The van der Waals surface area contributed by atoms with Crippen LogP contribution in [0.5, 0.6) is 11.5 Å². The summed E-state index contributed by atoms with van der Waals surface area (Å²) in [5.74, 6) is 1.36. The first kappa shape index (κ1) is 18.3. The molecule has 2 heterocycles. The second-order valence-electron chi connectivity index (χ2n) is 6.82. The van der Waals surface area contributed by atoms with Crippen molar-refractivity contribution in [1.29, 1.82) is 0 Å². The van der Waals surface area contributed by atoms with Gasteiger partial charge in [0.1, 0.15) is 0 Å². The van der Waals surface area contributed by atoms with Crippen LogP contribution in [0.1, 0.15) is 24.5 Å². The average Bonchev–Trinajstić information content (AvgIpc) is 3.18. The average molecular weight is 389 g/mol. The minimum atomic E-state index is -3.55. The zero-order chi connectivity index (χ0) is 18.9. The van der Waals surface area contributed by atoms with E-state index in [0.29, 0.717) is 30.5 Å². The number of ether oxygens (including phenoxy) is 3. The van der Waals surface area contributed by atoms with Crippen LogP contribution in [0, 0.1) is 5.92 Å². The lowest BCUT2D eigenvalue weighted by Gasteiger charge is -2.35. The summed E-state index contributed by atoms with van der Waals surface area (Å²) in [7, 11) is -1.83. The number of rotatable bonds is 5. The van der Waals surface area contributed by atoms with E-state index in [0.717, 1.165) is 18.4 Å². The van der Waals surface area contributed by atoms with Gasteiger partial charge in [0.25, 0.3) is 0 Å². The van der Waals surface area contributed by atoms with Crippen molar-refractivity contribution in [2.45, 2.75) is 23.8 Å². The topological polar surface area (TPSA) is 65.1 Å². The summed E-state index contributed by atoms with van der Waals surface area (Å²) in [6.07, 6.45) is 1.51. The number of hydrogen-bond acceptors (Lipinski definition) is 5. The van der Waals surface area contributed by atoms with Crippen molar-refractivity contribution in [2.24, 2.45) is 5.92 Å². The van der Waals surface area contributed by atoms with Gasteiger partial charge in [-0.1, -0.05) is 30.3 Å². The van der Waals surface area contributed by atoms with Gasteiger partial charge in [0.15, 0.2) is 11.5 Å². The molecular weight excluding hydrogens is 366 g/mol. The molecule has 1 fully saturated rings. The molecule has 0 radical (unpaired) electrons. The minimum absolute atomic E-state index is 0.0124. The molecule has 7 heteroatoms. The summed E-state index contributed by atoms with van der Waals surface area (Å²) in [4.78, 5) is 0.247. The van der Waals surface area contributed by atoms with E-state index in [4.69, 9.17) is 14.2 Å². The number of nitrogens with zero attached hydrogens (tertiary/aromatic N) is 1. The Bertz CT molecular complexity index is 892. The molecular formula is C20H23NO5S. The van der Waals surface area contributed by atoms with Crippen LogP contribution < -0.4 is 9.47 Å². The molecule has 4 rings (SSSR count). The fraction of sp³-hybridized carbons (Fsp3) is 0.400. The van der Waals surface area contributed by atoms with Gasteiger partial charge in [-0.3, -0.25) is 0 Å². The van der Waals surface area contributed by atoms with Crippen LogP contribution in [0.3, 0.4) is 0 Å². The van der Waals surface area contributed by atoms with Gasteiger partial charge in [-0.25, -0.2) is 8.42 Å². The van der Waals surface area contributed by atoms with Crippen LogP contribution in [-0.4, -0.2) is 39.7 Å². The fourth-order valence-electron chi connectivity index (χ4n) is 3.85. The third kappa shape index (κ3) is 3.54. The maximum atomic E-state index is 13.0. The zero-order valence-corrected chi connectivity index (χ0v) is 16.0. The van der Waals surface area contributed by atoms with Gasteiger partial charge in [0.05, 0.1) is 11.0 Å². The van der Waals surface area contributed by atoms with Crippen LogP contribution in [0.15, 0.2) is 53.4 Å². The summed E-state index contributed by atoms with van der Waals surface area (Å²) < 4.78 is 43.9. The number of fused-ring (bicyclic) bond motifs is 1. The maximum absolute atomic E-state index is 13.0. The molecule has 1 unspecified atom stereocenters. The number of methoxy groups -OCH3 is 1. The molecule has 6 nitrogen and oxygen atoms in total. The molecule has 1 saturated heterocycles. The Morgan fingerprint density at radius 1 is 1.04 bits per heavy atom. The van der Waals surface area contributed by atoms with Crippen molar-refractivity contribution in [1.82, 2.24) is 4.31 Å². The number of sulfonamides is 1. The van der Waals surface area contributed by atoms with E-state index in [-0.39, 0.29) is 17.8 Å². The molecule has 0 aliphatic carbocycles. The molecule has 2 aliphatic heterocycles. The van der Waals surface area contributed by atoms with E-state index >= 15 is 0 Å². The fourth-order valence-corrected chi connectivity index (χ4v) is 5.33. The van der Waals surface area contributed by atoms with Crippen LogP contribution in [-0.2, 0) is 14.8 Å². The Hall–Kier alpha value is -2.09. The van der Waals surface area contributed by atoms with Crippen molar-refractivity contribution >= 4 is 10.0 Å². The molecule has 2 aromatic carbocycles. The molecule has 0 bridgehead atoms. The van der Waals surface area contributed by atoms with E-state index in [2.05, 4.69) is 12.1 Å². The summed E-state index contributed by atoms with van der Waals surface area (Å²) in [6, 6.07) is 14.9. The lowest BCUT2D eigenvalue weighted by Crippen LogP contribution is -2.39. The molecule has 2 aromatic rings. The van der Waals surface area contributed by atoms with Crippen molar-refractivity contribution in [2.75, 3.05) is 27.0 Å². The van der Waals surface area contributed by atoms with E-state index in [1.165, 1.54) is 0 Å². The van der Waals surface area contributed by atoms with Gasteiger partial charge in [-0.2, -0.15) is 4.31 Å². The van der Waals surface area contributed by atoms with Gasteiger partial charge in [-0.05, 0) is 36.5 Å². The molecule has 27 heavy (non-hydrogen) atoms. The minimum Gasteiger partial charge on any atom is -0.454 e. The standard InChI is InChI=1S/C20H23NO5S/c1-24-20(15-5-3-2-4-6-15)16-9-11-21(12-10-16)27(22,23)17-7-8-18-19(13-17)26-14-25-18/h2-8,13,16,20H,9-12,14H2,1H3. The molecule has 0 amide bonds. The third-order valence-electron chi connectivity index (χ3n) is 5.29. The predicted octanol–water partition coefficient (Wildman–Crippen LogP) is 3.20. The molecule has 0 N–H and O–H groups in total. The summed E-state index contributed by atoms with van der Waals surface area (Å²) in [5.41, 5.74) is 1.14. The van der Waals surface area contributed by atoms with Crippen molar-refractivity contribution in [3.05, 3.63) is 54.1 Å². The molecule has 144 valence electrons. The lowest BCUT2D eigenvalue weighted by molar-refractivity contribution is 0.0303. The van der Waals surface area contributed by atoms with Crippen LogP contribution in [0.4, 0.5) is 0 Å². The molecule has 0 saturated carbocycles. The third-order valence-corrected chi connectivity index (χ3v) is 7.19. The Kier molecular flexibility index (Phi) is 5.08. The van der Waals surface area contributed by atoms with Gasteiger partial charge in [0, 0.05) is 26.3 Å². The smallest absolute Gasteiger partial charge is 0.243 e. The second-order valence-corrected chi connectivity index (χ2v) is 8.76. The Morgan fingerprint density at radius 2 is 1.74 bits per heavy atom. The van der Waals surface area contributed by atoms with Gasteiger partial charge in [0.2, 0.25) is 16.8 Å². The number of piperidine rings is 1. The quantitative estimate of drug-likeness (QED) is 0.786. The van der Waals surface area contributed by atoms with E-state index in [1.54, 1.807) is 29.6 Å². The number of hydrogen-bond donors (Lipinski definition) is 0. The van der Waals surface area contributed by atoms with E-state index in [9.17, 15) is 8.42 Å². The van der Waals surface area contributed by atoms with E-state index < -0.39 is 10.0 Å². The number of benzene rings is 2. The Labute approximate surface area is 159 Å². The Balaban J connectivity index is 1.47. The van der Waals surface area contributed by atoms with Crippen molar-refractivity contribution in [3.63, 3.8) is 0 Å². The highest BCUT2D eigenvalue weighted by Gasteiger charge is 2.34. The van der Waals surface area contributed by atoms with Gasteiger partial charge in [-0.15, -0.1) is 0 Å². The predicted molar refractivity (Wildman–Crippen MR) is 100 cm³/mol. The summed E-state index contributed by atoms with van der Waals surface area (Å²) in [6.45, 7) is 1.09. The van der Waals surface area contributed by atoms with Gasteiger partial charge < -0.3 is 14.2 Å². The highest BCUT2D eigenvalue weighted by Crippen LogP contribution is 2.37. The largest absolute Gasteiger partial charge is 0.454 e. The highest BCUT2D eigenvalue weighted by atomic mass is 32.2. The second kappa shape index (κ2) is 7.50. The summed E-state index contributed by atoms with van der Waals surface area (Å²) >= 11 is 0. The zero-order valence-electron chi connectivity index (χ0n) is 15.2. The maximum Gasteiger partial charge on any atom is 0.243 e. The normalized spacial score (nSPS) is 19.1. The first-order chi connectivity index (χ1) is 13.1. The van der Waals surface area contributed by atoms with E-state index in [1.807, 2.05) is 18.2 Å². The molecule has 2 aliphatic rings. The van der Waals surface area contributed by atoms with Crippen LogP contribution in [0.25, 0.3) is 0 Å².